The minimum Gasteiger partial charge on any atom is -0.780 e. The number of hydrogen-bond donors (Lipinski definition) is 4. The lowest BCUT2D eigenvalue weighted by Gasteiger charge is -2.35. The molecule has 1 aromatic rings. The van der Waals surface area contributed by atoms with Gasteiger partial charge in [0.05, 0.1) is 19.3 Å². The Hall–Kier alpha value is -1.82. The number of carboxylic acids is 1. The summed E-state index contributed by atoms with van der Waals surface area (Å²) in [6.45, 7) is -0.139. The van der Waals surface area contributed by atoms with Crippen molar-refractivity contribution < 1.29 is 57.2 Å². The predicted molar refractivity (Wildman–Crippen MR) is 131 cm³/mol. The molecule has 2 rings (SSSR count). The van der Waals surface area contributed by atoms with Crippen LogP contribution in [0.5, 0.6) is 0 Å². The van der Waals surface area contributed by atoms with Crippen LogP contribution in [0.2, 0.25) is 0 Å². The molecule has 20 heteroatoms. The van der Waals surface area contributed by atoms with Gasteiger partial charge in [-0.2, -0.15) is 0 Å². The number of nitrogens with one attached hydrogen (secondary N) is 2. The molecule has 7 atom stereocenters. The van der Waals surface area contributed by atoms with Gasteiger partial charge in [0.25, 0.3) is 11.5 Å². The maximum absolute atomic E-state index is 13.2. The first-order valence-electron chi connectivity index (χ1n) is 11.3. The molecule has 1 fully saturated rings. The first-order valence-corrected chi connectivity index (χ1v) is 15.6. The van der Waals surface area contributed by atoms with Crippen LogP contribution in [-0.4, -0.2) is 88.4 Å². The quantitative estimate of drug-likeness (QED) is 0.122. The summed E-state index contributed by atoms with van der Waals surface area (Å²) < 4.78 is 39.2. The summed E-state index contributed by atoms with van der Waals surface area (Å²) in [4.78, 5) is 84.6. The summed E-state index contributed by atoms with van der Waals surface area (Å²) >= 11 is 4.93. The van der Waals surface area contributed by atoms with E-state index in [1.165, 1.54) is 27.9 Å². The van der Waals surface area contributed by atoms with Crippen LogP contribution < -0.4 is 26.4 Å². The minimum atomic E-state index is -5.15. The number of aryl methyl sites for hydroxylation is 1. The number of methoxy groups -OCH3 is 1. The number of aliphatic carboxylic acids is 1. The van der Waals surface area contributed by atoms with E-state index in [2.05, 4.69) is 4.98 Å². The highest BCUT2D eigenvalue weighted by Gasteiger charge is 2.52. The molecular formula is C19H29N3O14P2S-2. The molecule has 1 aromatic heterocycles. The first-order chi connectivity index (χ1) is 18.0. The molecule has 1 amide bonds. The van der Waals surface area contributed by atoms with E-state index in [1.54, 1.807) is 0 Å². The molecule has 0 spiro atoms. The van der Waals surface area contributed by atoms with Gasteiger partial charge in [0.2, 0.25) is 0 Å². The molecule has 0 radical (unpaired) electrons. The number of amides is 1. The maximum atomic E-state index is 13.2. The third kappa shape index (κ3) is 9.65. The Labute approximate surface area is 226 Å². The van der Waals surface area contributed by atoms with Gasteiger partial charge in [0.1, 0.15) is 32.6 Å². The van der Waals surface area contributed by atoms with Gasteiger partial charge in [0, 0.05) is 25.0 Å². The molecule has 0 bridgehead atoms. The van der Waals surface area contributed by atoms with E-state index in [1.807, 2.05) is 5.32 Å². The van der Waals surface area contributed by atoms with Crippen LogP contribution in [0.25, 0.3) is 0 Å². The molecule has 4 unspecified atom stereocenters. The number of carboxylic acid groups (broad SMARTS) is 1. The highest BCUT2D eigenvalue weighted by molar-refractivity contribution is 8.06. The summed E-state index contributed by atoms with van der Waals surface area (Å²) in [5.74, 6) is -3.10. The van der Waals surface area contributed by atoms with Crippen LogP contribution in [0.3, 0.4) is 0 Å². The fraction of sp³-hybridized carbons (Fsp3) is 0.684. The van der Waals surface area contributed by atoms with E-state index in [0.717, 1.165) is 10.8 Å². The van der Waals surface area contributed by atoms with Crippen molar-refractivity contribution in [1.82, 2.24) is 14.9 Å². The largest absolute Gasteiger partial charge is 0.780 e. The van der Waals surface area contributed by atoms with Gasteiger partial charge < -0.3 is 52.9 Å². The second kappa shape index (κ2) is 13.7. The SMILES string of the molecule is COCCOC1[C@@H](OP([O-])(=S)OC(C)C)[C@@H](C(=O)NC(CP(=O)([O-])O)C(=O)O)O[C@@H]1n1cc(C)c(=O)[nH]c1=O. The third-order valence-electron chi connectivity index (χ3n) is 5.08. The van der Waals surface area contributed by atoms with Crippen LogP contribution in [0.15, 0.2) is 15.8 Å². The van der Waals surface area contributed by atoms with E-state index in [9.17, 15) is 38.6 Å². The summed E-state index contributed by atoms with van der Waals surface area (Å²) in [5, 5.41) is 11.2. The van der Waals surface area contributed by atoms with Crippen molar-refractivity contribution >= 4 is 38.0 Å². The van der Waals surface area contributed by atoms with E-state index in [4.69, 9.17) is 40.0 Å². The molecular weight excluding hydrogens is 588 g/mol. The molecule has 0 aromatic carbocycles. The lowest BCUT2D eigenvalue weighted by atomic mass is 10.1. The summed E-state index contributed by atoms with van der Waals surface area (Å²) in [5.41, 5.74) is -1.62. The monoisotopic (exact) mass is 617 g/mol. The molecule has 1 aliphatic heterocycles. The van der Waals surface area contributed by atoms with Crippen molar-refractivity contribution in [2.24, 2.45) is 0 Å². The van der Waals surface area contributed by atoms with Crippen LogP contribution in [-0.2, 0) is 49.2 Å². The molecule has 4 N–H and O–H groups in total. The number of rotatable bonds is 14. The lowest BCUT2D eigenvalue weighted by Crippen LogP contribution is -2.51. The zero-order chi connectivity index (χ0) is 29.7. The molecule has 2 heterocycles. The Bertz CT molecular complexity index is 1250. The zero-order valence-corrected chi connectivity index (χ0v) is 23.8. The van der Waals surface area contributed by atoms with E-state index in [-0.39, 0.29) is 18.8 Å². The molecule has 17 nitrogen and oxygen atoms in total. The molecule has 1 saturated heterocycles. The van der Waals surface area contributed by atoms with E-state index >= 15 is 0 Å². The third-order valence-corrected chi connectivity index (χ3v) is 7.61. The number of aromatic amines is 1. The molecule has 0 saturated carbocycles. The van der Waals surface area contributed by atoms with Crippen molar-refractivity contribution in [3.63, 3.8) is 0 Å². The Balaban J connectivity index is 2.58. The number of carbonyl (C=O) groups is 2. The summed E-state index contributed by atoms with van der Waals surface area (Å²) in [6.07, 6.45) is -7.55. The van der Waals surface area contributed by atoms with E-state index < -0.39 is 80.3 Å². The molecule has 39 heavy (non-hydrogen) atoms. The number of nitrogens with zero attached hydrogens (tertiary/aromatic N) is 1. The fourth-order valence-corrected chi connectivity index (χ4v) is 6.13. The average molecular weight is 617 g/mol. The topological polar surface area (TPSA) is 251 Å². The predicted octanol–water partition coefficient (Wildman–Crippen LogP) is -2.72. The maximum Gasteiger partial charge on any atom is 0.330 e. The van der Waals surface area contributed by atoms with Crippen LogP contribution in [0.1, 0.15) is 25.6 Å². The van der Waals surface area contributed by atoms with Gasteiger partial charge in [-0.1, -0.05) is 11.8 Å². The van der Waals surface area contributed by atoms with Crippen molar-refractivity contribution in [1.29, 1.82) is 0 Å². The number of hydrogen-bond acceptors (Lipinski definition) is 13. The highest BCUT2D eigenvalue weighted by atomic mass is 32.5. The summed E-state index contributed by atoms with van der Waals surface area (Å²) in [7, 11) is -3.79. The Kier molecular flexibility index (Phi) is 11.7. The number of H-pyrrole nitrogens is 1. The lowest BCUT2D eigenvalue weighted by molar-refractivity contribution is -0.218. The molecule has 222 valence electrons. The number of carbonyl (C=O) groups excluding carboxylic acids is 1. The van der Waals surface area contributed by atoms with Gasteiger partial charge in [-0.25, -0.2) is 9.59 Å². The zero-order valence-electron chi connectivity index (χ0n) is 21.2. The van der Waals surface area contributed by atoms with E-state index in [0.29, 0.717) is 0 Å². The average Bonchev–Trinajstić information content (AvgIpc) is 3.11. The Morgan fingerprint density at radius 1 is 1.28 bits per heavy atom. The standard InChI is InChI=1S/C19H31N3O14P2S/c1-9(2)35-38(31,39)36-12-13(16(24)20-11(18(25)26)8-37(28,29)30)34-17(14(12)33-6-5-32-4)22-7-10(3)15(23)21-19(22)27/h7,9,11-14,17H,5-6,8H2,1-4H3,(H,20,24)(H,25,26)(H,31,39)(H,21,23,27)(H2,28,29,30)/p-2/t11?,12-,13-,14?,17-,38?/m0/s1. The van der Waals surface area contributed by atoms with Gasteiger partial charge in [-0.15, -0.1) is 0 Å². The van der Waals surface area contributed by atoms with Gasteiger partial charge in [-0.3, -0.25) is 19.1 Å². The fourth-order valence-electron chi connectivity index (χ4n) is 3.51. The van der Waals surface area contributed by atoms with Crippen LogP contribution >= 0.6 is 14.3 Å². The molecule has 1 aliphatic rings. The van der Waals surface area contributed by atoms with Gasteiger partial charge in [-0.05, 0) is 20.8 Å². The second-order valence-corrected chi connectivity index (χ2v) is 12.9. The van der Waals surface area contributed by atoms with Crippen LogP contribution in [0, 0.1) is 6.92 Å². The van der Waals surface area contributed by atoms with Crippen molar-refractivity contribution in [2.75, 3.05) is 26.5 Å². The van der Waals surface area contributed by atoms with Crippen molar-refractivity contribution in [3.05, 3.63) is 32.6 Å². The Morgan fingerprint density at radius 2 is 1.92 bits per heavy atom. The van der Waals surface area contributed by atoms with Crippen molar-refractivity contribution in [2.45, 2.75) is 57.5 Å². The minimum absolute atomic E-state index is 0.0107. The molecule has 0 aliphatic carbocycles. The normalized spacial score (nSPS) is 25.1. The Morgan fingerprint density at radius 3 is 2.46 bits per heavy atom. The van der Waals surface area contributed by atoms with Gasteiger partial charge in [0.15, 0.2) is 12.3 Å². The number of aromatic nitrogens is 2. The summed E-state index contributed by atoms with van der Waals surface area (Å²) in [6, 6.07) is -2.12. The van der Waals surface area contributed by atoms with Crippen LogP contribution in [0.4, 0.5) is 0 Å². The second-order valence-electron chi connectivity index (χ2n) is 8.64. The highest BCUT2D eigenvalue weighted by Crippen LogP contribution is 2.47. The first kappa shape index (κ1) is 33.4. The number of ether oxygens (including phenoxy) is 3. The van der Waals surface area contributed by atoms with Crippen molar-refractivity contribution in [3.8, 4) is 0 Å². The smallest absolute Gasteiger partial charge is 0.330 e. The van der Waals surface area contributed by atoms with Gasteiger partial charge >= 0.3 is 11.7 Å².